The fraction of sp³-hybridized carbons (Fsp3) is 0.652. The van der Waals surface area contributed by atoms with E-state index in [0.29, 0.717) is 83.1 Å². The van der Waals surface area contributed by atoms with E-state index in [9.17, 15) is 18.0 Å². The van der Waals surface area contributed by atoms with E-state index < -0.39 is 10.0 Å². The van der Waals surface area contributed by atoms with Gasteiger partial charge in [-0.25, -0.2) is 13.2 Å². The van der Waals surface area contributed by atoms with Gasteiger partial charge in [-0.15, -0.1) is 0 Å². The number of ether oxygens (including phenoxy) is 2. The molecule has 10 heteroatoms. The Morgan fingerprint density at radius 3 is 2.36 bits per heavy atom. The molecule has 1 aromatic carbocycles. The Morgan fingerprint density at radius 2 is 1.70 bits per heavy atom. The molecule has 0 aliphatic carbocycles. The lowest BCUT2D eigenvalue weighted by atomic mass is 10.1. The van der Waals surface area contributed by atoms with Gasteiger partial charge in [-0.3, -0.25) is 4.79 Å². The van der Waals surface area contributed by atoms with Gasteiger partial charge in [-0.1, -0.05) is 26.8 Å². The minimum atomic E-state index is -3.72. The van der Waals surface area contributed by atoms with Crippen LogP contribution in [0.25, 0.3) is 0 Å². The molecule has 0 N–H and O–H groups in total. The van der Waals surface area contributed by atoms with Crippen molar-refractivity contribution in [2.24, 2.45) is 5.92 Å². The van der Waals surface area contributed by atoms with Gasteiger partial charge in [0.05, 0.1) is 24.7 Å². The standard InChI is InChI=1S/C23H35N3O6S/c1-4-19-6-7-20(16-21(19)33(29,30)26-12-14-31-15-13-26)22(27)24-8-5-9-25(11-10-24)23(28)32-17-18(2)3/h6-7,16,18H,4-5,8-15,17H2,1-3H3. The van der Waals surface area contributed by atoms with Crippen LogP contribution in [0.15, 0.2) is 23.1 Å². The number of morpholine rings is 1. The number of aryl methyl sites for hydroxylation is 1. The number of rotatable bonds is 6. The molecule has 0 bridgehead atoms. The van der Waals surface area contributed by atoms with Crippen molar-refractivity contribution in [3.05, 3.63) is 29.3 Å². The van der Waals surface area contributed by atoms with Crippen molar-refractivity contribution in [2.75, 3.05) is 59.1 Å². The number of benzene rings is 1. The van der Waals surface area contributed by atoms with Crippen LogP contribution in [0.2, 0.25) is 0 Å². The second kappa shape index (κ2) is 11.3. The van der Waals surface area contributed by atoms with Crippen LogP contribution >= 0.6 is 0 Å². The Labute approximate surface area is 196 Å². The summed E-state index contributed by atoms with van der Waals surface area (Å²) in [6, 6.07) is 4.93. The highest BCUT2D eigenvalue weighted by Gasteiger charge is 2.30. The van der Waals surface area contributed by atoms with Gasteiger partial charge in [0.1, 0.15) is 0 Å². The highest BCUT2D eigenvalue weighted by atomic mass is 32.2. The molecule has 0 radical (unpaired) electrons. The molecular formula is C23H35N3O6S. The van der Waals surface area contributed by atoms with Crippen molar-refractivity contribution in [1.82, 2.24) is 14.1 Å². The summed E-state index contributed by atoms with van der Waals surface area (Å²) in [5.74, 6) is 0.0292. The molecule has 0 unspecified atom stereocenters. The molecule has 3 rings (SSSR count). The van der Waals surface area contributed by atoms with Crippen molar-refractivity contribution in [3.8, 4) is 0 Å². The van der Waals surface area contributed by atoms with Gasteiger partial charge >= 0.3 is 6.09 Å². The number of carbonyl (C=O) groups is 2. The van der Waals surface area contributed by atoms with Crippen molar-refractivity contribution in [3.63, 3.8) is 0 Å². The summed E-state index contributed by atoms with van der Waals surface area (Å²) in [6.07, 6.45) is 0.822. The van der Waals surface area contributed by atoms with Crippen LogP contribution in [-0.2, 0) is 25.9 Å². The summed E-state index contributed by atoms with van der Waals surface area (Å²) in [4.78, 5) is 29.1. The number of hydrogen-bond acceptors (Lipinski definition) is 6. The molecule has 2 saturated heterocycles. The first-order chi connectivity index (χ1) is 15.7. The highest BCUT2D eigenvalue weighted by Crippen LogP contribution is 2.24. The number of hydrogen-bond donors (Lipinski definition) is 0. The van der Waals surface area contributed by atoms with Gasteiger partial charge in [-0.2, -0.15) is 4.31 Å². The number of amides is 2. The van der Waals surface area contributed by atoms with Crippen molar-refractivity contribution >= 4 is 22.0 Å². The average molecular weight is 482 g/mol. The molecule has 33 heavy (non-hydrogen) atoms. The van der Waals surface area contributed by atoms with Crippen LogP contribution in [0.4, 0.5) is 4.79 Å². The molecule has 2 amide bonds. The van der Waals surface area contributed by atoms with E-state index in [0.717, 1.165) is 0 Å². The third-order valence-electron chi connectivity index (χ3n) is 5.86. The molecule has 2 fully saturated rings. The minimum Gasteiger partial charge on any atom is -0.449 e. The Hall–Kier alpha value is -2.17. The van der Waals surface area contributed by atoms with E-state index in [4.69, 9.17) is 9.47 Å². The molecule has 0 aromatic heterocycles. The zero-order valence-electron chi connectivity index (χ0n) is 19.8. The molecule has 2 aliphatic heterocycles. The summed E-state index contributed by atoms with van der Waals surface area (Å²) >= 11 is 0. The minimum absolute atomic E-state index is 0.187. The Morgan fingerprint density at radius 1 is 1.03 bits per heavy atom. The fourth-order valence-corrected chi connectivity index (χ4v) is 5.69. The molecule has 0 spiro atoms. The maximum Gasteiger partial charge on any atom is 0.409 e. The van der Waals surface area contributed by atoms with E-state index in [1.807, 2.05) is 20.8 Å². The number of sulfonamides is 1. The van der Waals surface area contributed by atoms with Crippen LogP contribution in [0.3, 0.4) is 0 Å². The smallest absolute Gasteiger partial charge is 0.409 e. The average Bonchev–Trinajstić information content (AvgIpc) is 3.08. The predicted molar refractivity (Wildman–Crippen MR) is 124 cm³/mol. The molecule has 184 valence electrons. The van der Waals surface area contributed by atoms with Crippen molar-refractivity contribution in [2.45, 2.75) is 38.5 Å². The first-order valence-corrected chi connectivity index (χ1v) is 13.1. The Bertz CT molecular complexity index is 944. The highest BCUT2D eigenvalue weighted by molar-refractivity contribution is 7.89. The van der Waals surface area contributed by atoms with Crippen LogP contribution in [-0.4, -0.2) is 93.6 Å². The summed E-state index contributed by atoms with van der Waals surface area (Å²) in [6.45, 7) is 9.33. The normalized spacial score (nSPS) is 18.3. The zero-order chi connectivity index (χ0) is 24.0. The van der Waals surface area contributed by atoms with Gasteiger partial charge in [0.2, 0.25) is 10.0 Å². The molecule has 0 atom stereocenters. The van der Waals surface area contributed by atoms with Gasteiger partial charge in [0, 0.05) is 44.8 Å². The molecule has 2 aliphatic rings. The van der Waals surface area contributed by atoms with Crippen LogP contribution in [0, 0.1) is 5.92 Å². The lowest BCUT2D eigenvalue weighted by Gasteiger charge is -2.27. The summed E-state index contributed by atoms with van der Waals surface area (Å²) in [7, 11) is -3.72. The quantitative estimate of drug-likeness (QED) is 0.618. The van der Waals surface area contributed by atoms with Crippen LogP contribution in [0.5, 0.6) is 0 Å². The van der Waals surface area contributed by atoms with E-state index >= 15 is 0 Å². The van der Waals surface area contributed by atoms with Gasteiger partial charge in [-0.05, 0) is 36.5 Å². The summed E-state index contributed by atoms with van der Waals surface area (Å²) in [5.41, 5.74) is 1.03. The van der Waals surface area contributed by atoms with E-state index in [2.05, 4.69) is 0 Å². The molecule has 2 heterocycles. The first kappa shape index (κ1) is 25.5. The Kier molecular flexibility index (Phi) is 8.72. The number of carbonyl (C=O) groups excluding carboxylic acids is 2. The zero-order valence-corrected chi connectivity index (χ0v) is 20.6. The predicted octanol–water partition coefficient (Wildman–Crippen LogP) is 2.21. The fourth-order valence-electron chi connectivity index (χ4n) is 3.96. The first-order valence-electron chi connectivity index (χ1n) is 11.7. The summed E-state index contributed by atoms with van der Waals surface area (Å²) in [5, 5.41) is 0. The van der Waals surface area contributed by atoms with Crippen molar-refractivity contribution in [1.29, 1.82) is 0 Å². The van der Waals surface area contributed by atoms with E-state index in [1.54, 1.807) is 21.9 Å². The monoisotopic (exact) mass is 481 g/mol. The maximum atomic E-state index is 13.3. The van der Waals surface area contributed by atoms with Gasteiger partial charge in [0.25, 0.3) is 5.91 Å². The Balaban J connectivity index is 1.75. The van der Waals surface area contributed by atoms with E-state index in [-0.39, 0.29) is 22.8 Å². The SMILES string of the molecule is CCc1ccc(C(=O)N2CCCN(C(=O)OCC(C)C)CC2)cc1S(=O)(=O)N1CCOCC1. The third-order valence-corrected chi connectivity index (χ3v) is 7.85. The molecule has 1 aromatic rings. The maximum absolute atomic E-state index is 13.3. The second-order valence-corrected chi connectivity index (χ2v) is 10.7. The van der Waals surface area contributed by atoms with Crippen LogP contribution < -0.4 is 0 Å². The van der Waals surface area contributed by atoms with E-state index in [1.165, 1.54) is 10.4 Å². The second-order valence-electron chi connectivity index (χ2n) is 8.80. The topological polar surface area (TPSA) is 96.5 Å². The van der Waals surface area contributed by atoms with Crippen molar-refractivity contribution < 1.29 is 27.5 Å². The molecular weight excluding hydrogens is 446 g/mol. The van der Waals surface area contributed by atoms with Gasteiger partial charge < -0.3 is 19.3 Å². The molecule has 9 nitrogen and oxygen atoms in total. The molecule has 0 saturated carbocycles. The lowest BCUT2D eigenvalue weighted by Crippen LogP contribution is -2.41. The van der Waals surface area contributed by atoms with Gasteiger partial charge in [0.15, 0.2) is 0 Å². The number of nitrogens with zero attached hydrogens (tertiary/aromatic N) is 3. The largest absolute Gasteiger partial charge is 0.449 e. The third kappa shape index (κ3) is 6.24. The van der Waals surface area contributed by atoms with Crippen LogP contribution in [0.1, 0.15) is 43.1 Å². The lowest BCUT2D eigenvalue weighted by molar-refractivity contribution is 0.0729. The summed E-state index contributed by atoms with van der Waals surface area (Å²) < 4.78 is 38.6.